The lowest BCUT2D eigenvalue weighted by atomic mass is 10.1. The predicted molar refractivity (Wildman–Crippen MR) is 99.4 cm³/mol. The Morgan fingerprint density at radius 1 is 1.00 bits per heavy atom. The summed E-state index contributed by atoms with van der Waals surface area (Å²) in [5.41, 5.74) is 5.71. The molecule has 0 rings (SSSR count). The normalized spacial score (nSPS) is 13.7. The van der Waals surface area contributed by atoms with Crippen molar-refractivity contribution in [3.8, 4) is 0 Å². The molecule has 12 nitrogen and oxygen atoms in total. The predicted octanol–water partition coefficient (Wildman–Crippen LogP) is -2.91. The molecule has 0 aromatic carbocycles. The van der Waals surface area contributed by atoms with E-state index in [1.54, 1.807) is 0 Å². The Hall–Kier alpha value is -2.38. The van der Waals surface area contributed by atoms with Crippen LogP contribution in [0.4, 0.5) is 0 Å². The van der Waals surface area contributed by atoms with Crippen molar-refractivity contribution in [2.24, 2.45) is 5.73 Å². The summed E-state index contributed by atoms with van der Waals surface area (Å²) in [5.74, 6) is -4.34. The highest BCUT2D eigenvalue weighted by atomic mass is 32.2. The number of carbonyl (C=O) groups excluding carboxylic acids is 3. The summed E-state index contributed by atoms with van der Waals surface area (Å²) in [6, 6.07) is -3.64. The second-order valence-electron chi connectivity index (χ2n) is 5.74. The number of hydrogen-bond acceptors (Lipinski definition) is 8. The summed E-state index contributed by atoms with van der Waals surface area (Å²) in [7, 11) is 0. The third-order valence-electron chi connectivity index (χ3n) is 3.49. The SMILES string of the molecule is CSCCC(N)C(=O)NC(CCC(=O)O)C(=O)NCC(=O)NC(CO)C(=O)O. The third-order valence-corrected chi connectivity index (χ3v) is 4.13. The fourth-order valence-corrected chi connectivity index (χ4v) is 2.40. The first-order chi connectivity index (χ1) is 13.1. The maximum Gasteiger partial charge on any atom is 0.328 e. The molecule has 0 aromatic heterocycles. The topological polar surface area (TPSA) is 208 Å². The summed E-state index contributed by atoms with van der Waals surface area (Å²) in [5, 5.41) is 32.9. The van der Waals surface area contributed by atoms with Crippen molar-refractivity contribution in [3.63, 3.8) is 0 Å². The molecule has 0 aliphatic heterocycles. The molecule has 0 radical (unpaired) electrons. The summed E-state index contributed by atoms with van der Waals surface area (Å²) in [6.07, 6.45) is 1.57. The van der Waals surface area contributed by atoms with Crippen LogP contribution in [0.25, 0.3) is 0 Å². The maximum absolute atomic E-state index is 12.2. The smallest absolute Gasteiger partial charge is 0.328 e. The number of nitrogens with two attached hydrogens (primary N) is 1. The van der Waals surface area contributed by atoms with Gasteiger partial charge >= 0.3 is 11.9 Å². The van der Waals surface area contributed by atoms with E-state index in [-0.39, 0.29) is 6.42 Å². The number of aliphatic hydroxyl groups excluding tert-OH is 1. The van der Waals surface area contributed by atoms with Crippen LogP contribution < -0.4 is 21.7 Å². The summed E-state index contributed by atoms with van der Waals surface area (Å²) < 4.78 is 0. The average molecular weight is 422 g/mol. The first kappa shape index (κ1) is 25.6. The van der Waals surface area contributed by atoms with Gasteiger partial charge < -0.3 is 37.0 Å². The molecule has 0 aromatic rings. The number of rotatable bonds is 14. The van der Waals surface area contributed by atoms with Crippen molar-refractivity contribution in [1.82, 2.24) is 16.0 Å². The first-order valence-corrected chi connectivity index (χ1v) is 9.69. The van der Waals surface area contributed by atoms with Crippen LogP contribution >= 0.6 is 11.8 Å². The van der Waals surface area contributed by atoms with Gasteiger partial charge in [-0.05, 0) is 24.9 Å². The molecule has 13 heteroatoms. The molecule has 3 unspecified atom stereocenters. The van der Waals surface area contributed by atoms with Gasteiger partial charge in [-0.3, -0.25) is 19.2 Å². The largest absolute Gasteiger partial charge is 0.481 e. The van der Waals surface area contributed by atoms with Gasteiger partial charge in [-0.1, -0.05) is 0 Å². The summed E-state index contributed by atoms with van der Waals surface area (Å²) in [4.78, 5) is 57.4. The Balaban J connectivity index is 4.79. The molecule has 0 saturated carbocycles. The number of carbonyl (C=O) groups is 5. The maximum atomic E-state index is 12.2. The van der Waals surface area contributed by atoms with Crippen molar-refractivity contribution in [2.75, 3.05) is 25.2 Å². The van der Waals surface area contributed by atoms with E-state index in [0.717, 1.165) is 0 Å². The van der Waals surface area contributed by atoms with E-state index in [9.17, 15) is 24.0 Å². The lowest BCUT2D eigenvalue weighted by Gasteiger charge is -2.20. The third kappa shape index (κ3) is 10.7. The second kappa shape index (κ2) is 13.7. The van der Waals surface area contributed by atoms with E-state index >= 15 is 0 Å². The molecule has 0 aliphatic carbocycles. The number of aliphatic hydroxyl groups is 1. The molecule has 0 fully saturated rings. The van der Waals surface area contributed by atoms with Gasteiger partial charge in [0.05, 0.1) is 19.2 Å². The van der Waals surface area contributed by atoms with Crippen molar-refractivity contribution in [1.29, 1.82) is 0 Å². The van der Waals surface area contributed by atoms with Gasteiger partial charge in [-0.2, -0.15) is 11.8 Å². The van der Waals surface area contributed by atoms with E-state index in [1.165, 1.54) is 11.8 Å². The fourth-order valence-electron chi connectivity index (χ4n) is 1.91. The van der Waals surface area contributed by atoms with Crippen LogP contribution in [0.5, 0.6) is 0 Å². The highest BCUT2D eigenvalue weighted by Gasteiger charge is 2.25. The second-order valence-corrected chi connectivity index (χ2v) is 6.73. The van der Waals surface area contributed by atoms with Crippen LogP contribution in [-0.4, -0.2) is 88.3 Å². The van der Waals surface area contributed by atoms with Crippen molar-refractivity contribution < 1.29 is 39.3 Å². The zero-order chi connectivity index (χ0) is 21.7. The Morgan fingerprint density at radius 2 is 1.64 bits per heavy atom. The molecule has 0 saturated heterocycles. The van der Waals surface area contributed by atoms with Crippen LogP contribution in [0.1, 0.15) is 19.3 Å². The molecule has 160 valence electrons. The van der Waals surface area contributed by atoms with Crippen molar-refractivity contribution >= 4 is 41.4 Å². The van der Waals surface area contributed by atoms with Gasteiger partial charge in [0.25, 0.3) is 0 Å². The fraction of sp³-hybridized carbons (Fsp3) is 0.667. The van der Waals surface area contributed by atoms with E-state index in [0.29, 0.717) is 12.2 Å². The number of nitrogens with one attached hydrogen (secondary N) is 3. The Kier molecular flexibility index (Phi) is 12.6. The van der Waals surface area contributed by atoms with E-state index in [1.807, 2.05) is 11.6 Å². The number of thioether (sulfide) groups is 1. The van der Waals surface area contributed by atoms with Gasteiger partial charge in [0.15, 0.2) is 0 Å². The van der Waals surface area contributed by atoms with Crippen LogP contribution in [0.2, 0.25) is 0 Å². The highest BCUT2D eigenvalue weighted by Crippen LogP contribution is 2.02. The zero-order valence-electron chi connectivity index (χ0n) is 15.3. The molecular formula is C15H26N4O8S. The zero-order valence-corrected chi connectivity index (χ0v) is 16.2. The van der Waals surface area contributed by atoms with Gasteiger partial charge in [0, 0.05) is 6.42 Å². The van der Waals surface area contributed by atoms with Gasteiger partial charge in [0.1, 0.15) is 12.1 Å². The van der Waals surface area contributed by atoms with E-state index in [4.69, 9.17) is 21.1 Å². The highest BCUT2D eigenvalue weighted by molar-refractivity contribution is 7.98. The Bertz CT molecular complexity index is 574. The molecule has 8 N–H and O–H groups in total. The minimum Gasteiger partial charge on any atom is -0.481 e. The number of amides is 3. The number of carboxylic acid groups (broad SMARTS) is 2. The van der Waals surface area contributed by atoms with Crippen LogP contribution in [0.15, 0.2) is 0 Å². The summed E-state index contributed by atoms with van der Waals surface area (Å²) >= 11 is 1.49. The quantitative estimate of drug-likeness (QED) is 0.152. The summed E-state index contributed by atoms with van der Waals surface area (Å²) in [6.45, 7) is -1.46. The monoisotopic (exact) mass is 422 g/mol. The van der Waals surface area contributed by atoms with Crippen LogP contribution in [0.3, 0.4) is 0 Å². The minimum atomic E-state index is -1.53. The van der Waals surface area contributed by atoms with Gasteiger partial charge in [0.2, 0.25) is 17.7 Å². The van der Waals surface area contributed by atoms with Gasteiger partial charge in [-0.15, -0.1) is 0 Å². The lowest BCUT2D eigenvalue weighted by molar-refractivity contribution is -0.142. The van der Waals surface area contributed by atoms with E-state index in [2.05, 4.69) is 10.6 Å². The average Bonchev–Trinajstić information content (AvgIpc) is 2.64. The number of hydrogen-bond donors (Lipinski definition) is 7. The number of aliphatic carboxylic acids is 2. The molecule has 28 heavy (non-hydrogen) atoms. The Morgan fingerprint density at radius 3 is 2.14 bits per heavy atom. The minimum absolute atomic E-state index is 0.224. The Labute approximate surface area is 165 Å². The van der Waals surface area contributed by atoms with Crippen LogP contribution in [-0.2, 0) is 24.0 Å². The lowest BCUT2D eigenvalue weighted by Crippen LogP contribution is -2.54. The van der Waals surface area contributed by atoms with Crippen molar-refractivity contribution in [3.05, 3.63) is 0 Å². The number of carboxylic acids is 2. The van der Waals surface area contributed by atoms with E-state index < -0.39 is 67.4 Å². The van der Waals surface area contributed by atoms with Crippen LogP contribution in [0, 0.1) is 0 Å². The molecular weight excluding hydrogens is 396 g/mol. The molecule has 0 bridgehead atoms. The molecule has 0 aliphatic rings. The molecule has 3 amide bonds. The first-order valence-electron chi connectivity index (χ1n) is 8.29. The molecule has 0 heterocycles. The van der Waals surface area contributed by atoms with Crippen molar-refractivity contribution in [2.45, 2.75) is 37.4 Å². The molecule has 0 spiro atoms. The molecule has 3 atom stereocenters. The standard InChI is InChI=1S/C15H26N4O8S/c1-28-5-4-8(16)13(24)19-9(2-3-12(22)23)14(25)17-6-11(21)18-10(7-20)15(26)27/h8-10,20H,2-7,16H2,1H3,(H,17,25)(H,18,21)(H,19,24)(H,22,23)(H,26,27). The van der Waals surface area contributed by atoms with Gasteiger partial charge in [-0.25, -0.2) is 4.79 Å².